The zero-order valence-electron chi connectivity index (χ0n) is 15.3. The maximum atomic E-state index is 14.1. The third-order valence-electron chi connectivity index (χ3n) is 5.15. The van der Waals surface area contributed by atoms with Crippen molar-refractivity contribution in [1.29, 1.82) is 0 Å². The van der Waals surface area contributed by atoms with Crippen molar-refractivity contribution in [3.05, 3.63) is 82.2 Å². The predicted octanol–water partition coefficient (Wildman–Crippen LogP) is 4.12. The van der Waals surface area contributed by atoms with E-state index >= 15 is 0 Å². The zero-order valence-corrected chi connectivity index (χ0v) is 16.1. The number of likely N-dealkylation sites (tertiary alicyclic amines) is 1. The zero-order chi connectivity index (χ0) is 19.7. The minimum Gasteiger partial charge on any atom is -0.341 e. The van der Waals surface area contributed by atoms with Gasteiger partial charge in [-0.15, -0.1) is 0 Å². The molecule has 1 amide bonds. The van der Waals surface area contributed by atoms with Gasteiger partial charge in [0.25, 0.3) is 0 Å². The van der Waals surface area contributed by atoms with Gasteiger partial charge in [0, 0.05) is 29.6 Å². The van der Waals surface area contributed by atoms with Crippen LogP contribution in [0.3, 0.4) is 0 Å². The number of nitrogens with zero attached hydrogens (tertiary/aromatic N) is 3. The summed E-state index contributed by atoms with van der Waals surface area (Å²) in [6.07, 6.45) is -0.0808. The van der Waals surface area contributed by atoms with Gasteiger partial charge in [0.1, 0.15) is 5.82 Å². The fourth-order valence-electron chi connectivity index (χ4n) is 3.72. The lowest BCUT2D eigenvalue weighted by molar-refractivity contribution is -0.129. The Hall–Kier alpha value is -2.73. The molecule has 1 saturated heterocycles. The second-order valence-electron chi connectivity index (χ2n) is 6.98. The molecule has 2 atom stereocenters. The monoisotopic (exact) mass is 399 g/mol. The molecule has 7 heteroatoms. The first-order valence-corrected chi connectivity index (χ1v) is 9.46. The van der Waals surface area contributed by atoms with Crippen LogP contribution in [0.25, 0.3) is 0 Å². The van der Waals surface area contributed by atoms with E-state index in [1.807, 2.05) is 30.3 Å². The summed E-state index contributed by atoms with van der Waals surface area (Å²) in [6.45, 7) is 2.70. The summed E-state index contributed by atoms with van der Waals surface area (Å²) < 4.78 is 19.5. The van der Waals surface area contributed by atoms with Crippen LogP contribution in [-0.4, -0.2) is 34.0 Å². The third-order valence-corrected chi connectivity index (χ3v) is 5.50. The fourth-order valence-corrected chi connectivity index (χ4v) is 3.95. The summed E-state index contributed by atoms with van der Waals surface area (Å²) in [5.41, 5.74) is 1.32. The van der Waals surface area contributed by atoms with Crippen molar-refractivity contribution in [2.24, 2.45) is 0 Å². The molecule has 0 radical (unpaired) electrons. The highest BCUT2D eigenvalue weighted by Crippen LogP contribution is 2.39. The Kier molecular flexibility index (Phi) is 5.13. The van der Waals surface area contributed by atoms with Crippen LogP contribution >= 0.6 is 11.6 Å². The number of hydrogen-bond donors (Lipinski definition) is 0. The van der Waals surface area contributed by atoms with E-state index in [0.29, 0.717) is 24.8 Å². The molecule has 5 nitrogen and oxygen atoms in total. The molecule has 28 heavy (non-hydrogen) atoms. The Morgan fingerprint density at radius 3 is 2.61 bits per heavy atom. The molecule has 0 aliphatic carbocycles. The molecule has 2 unspecified atom stereocenters. The van der Waals surface area contributed by atoms with Crippen molar-refractivity contribution in [1.82, 2.24) is 15.0 Å². The van der Waals surface area contributed by atoms with Crippen molar-refractivity contribution < 1.29 is 13.7 Å². The molecular formula is C21H19ClFN3O2. The Morgan fingerprint density at radius 2 is 1.93 bits per heavy atom. The summed E-state index contributed by atoms with van der Waals surface area (Å²) in [5.74, 6) is 0.357. The van der Waals surface area contributed by atoms with Gasteiger partial charge >= 0.3 is 0 Å². The van der Waals surface area contributed by atoms with Gasteiger partial charge in [0.2, 0.25) is 11.8 Å². The lowest BCUT2D eigenvalue weighted by Gasteiger charge is -2.17. The number of amides is 1. The van der Waals surface area contributed by atoms with E-state index in [4.69, 9.17) is 16.1 Å². The lowest BCUT2D eigenvalue weighted by atomic mass is 9.89. The number of rotatable bonds is 4. The number of benzene rings is 2. The summed E-state index contributed by atoms with van der Waals surface area (Å²) in [7, 11) is 0. The maximum absolute atomic E-state index is 14.1. The van der Waals surface area contributed by atoms with E-state index in [1.165, 1.54) is 12.1 Å². The van der Waals surface area contributed by atoms with E-state index < -0.39 is 5.82 Å². The first kappa shape index (κ1) is 18.6. The number of carbonyl (C=O) groups is 1. The third kappa shape index (κ3) is 3.64. The minimum absolute atomic E-state index is 0.0288. The second kappa shape index (κ2) is 7.72. The normalized spacial score (nSPS) is 19.2. The van der Waals surface area contributed by atoms with E-state index in [-0.39, 0.29) is 34.7 Å². The molecule has 1 aliphatic heterocycles. The van der Waals surface area contributed by atoms with E-state index in [1.54, 1.807) is 17.9 Å². The smallest absolute Gasteiger partial charge is 0.232 e. The van der Waals surface area contributed by atoms with Crippen LogP contribution < -0.4 is 0 Å². The number of halogens is 2. The molecule has 4 rings (SSSR count). The van der Waals surface area contributed by atoms with Crippen molar-refractivity contribution in [2.45, 2.75) is 25.2 Å². The van der Waals surface area contributed by atoms with Crippen LogP contribution in [0.4, 0.5) is 4.39 Å². The Balaban J connectivity index is 1.60. The summed E-state index contributed by atoms with van der Waals surface area (Å²) >= 11 is 6.09. The van der Waals surface area contributed by atoms with Crippen LogP contribution in [0.5, 0.6) is 0 Å². The summed E-state index contributed by atoms with van der Waals surface area (Å²) in [6, 6.07) is 14.4. The Bertz CT molecular complexity index is 972. The van der Waals surface area contributed by atoms with Gasteiger partial charge in [-0.05, 0) is 24.6 Å². The number of hydrogen-bond acceptors (Lipinski definition) is 4. The molecule has 0 bridgehead atoms. The molecule has 0 spiro atoms. The molecule has 0 N–H and O–H groups in total. The van der Waals surface area contributed by atoms with Gasteiger partial charge in [-0.3, -0.25) is 4.79 Å². The van der Waals surface area contributed by atoms with Crippen molar-refractivity contribution >= 4 is 17.5 Å². The van der Waals surface area contributed by atoms with Gasteiger partial charge in [-0.2, -0.15) is 4.98 Å². The minimum atomic E-state index is -0.469. The first-order valence-electron chi connectivity index (χ1n) is 9.08. The summed E-state index contributed by atoms with van der Waals surface area (Å²) in [5, 5.41) is 4.15. The summed E-state index contributed by atoms with van der Waals surface area (Å²) in [4.78, 5) is 19.0. The van der Waals surface area contributed by atoms with Crippen LogP contribution in [-0.2, 0) is 11.2 Å². The predicted molar refractivity (Wildman–Crippen MR) is 103 cm³/mol. The maximum Gasteiger partial charge on any atom is 0.232 e. The van der Waals surface area contributed by atoms with Crippen LogP contribution in [0, 0.1) is 12.7 Å². The van der Waals surface area contributed by atoms with Gasteiger partial charge in [0.15, 0.2) is 5.82 Å². The molecule has 0 saturated carbocycles. The van der Waals surface area contributed by atoms with Crippen LogP contribution in [0.1, 0.15) is 34.7 Å². The quantitative estimate of drug-likeness (QED) is 0.662. The topological polar surface area (TPSA) is 59.2 Å². The molecule has 144 valence electrons. The van der Waals surface area contributed by atoms with Gasteiger partial charge < -0.3 is 9.42 Å². The fraction of sp³-hybridized carbons (Fsp3) is 0.286. The highest BCUT2D eigenvalue weighted by atomic mass is 35.5. The largest absolute Gasteiger partial charge is 0.341 e. The molecule has 3 aromatic rings. The van der Waals surface area contributed by atoms with E-state index in [0.717, 1.165) is 5.56 Å². The second-order valence-corrected chi connectivity index (χ2v) is 7.39. The molecule has 1 aromatic heterocycles. The van der Waals surface area contributed by atoms with Crippen molar-refractivity contribution in [3.63, 3.8) is 0 Å². The van der Waals surface area contributed by atoms with Crippen molar-refractivity contribution in [3.8, 4) is 0 Å². The van der Waals surface area contributed by atoms with E-state index in [9.17, 15) is 9.18 Å². The number of aromatic nitrogens is 2. The average Bonchev–Trinajstić information content (AvgIpc) is 3.32. The average molecular weight is 400 g/mol. The van der Waals surface area contributed by atoms with E-state index in [2.05, 4.69) is 10.1 Å². The lowest BCUT2D eigenvalue weighted by Crippen LogP contribution is -2.30. The van der Waals surface area contributed by atoms with Crippen molar-refractivity contribution in [2.75, 3.05) is 13.1 Å². The SMILES string of the molecule is Cc1noc(C2CN(C(=O)Cc3c(F)cccc3Cl)CC2c2ccccc2)n1. The molecular weight excluding hydrogens is 381 g/mol. The van der Waals surface area contributed by atoms with Crippen LogP contribution in [0.2, 0.25) is 5.02 Å². The molecule has 1 aliphatic rings. The van der Waals surface area contributed by atoms with Gasteiger partial charge in [-0.25, -0.2) is 4.39 Å². The Labute approximate surface area is 167 Å². The standard InChI is InChI=1S/C21H19ClFN3O2/c1-13-24-21(28-25-13)17-12-26(11-16(17)14-6-3-2-4-7-14)20(27)10-15-18(22)8-5-9-19(15)23/h2-9,16-17H,10-12H2,1H3. The highest BCUT2D eigenvalue weighted by Gasteiger charge is 2.40. The number of aryl methyl sites for hydroxylation is 1. The van der Waals surface area contributed by atoms with Crippen LogP contribution in [0.15, 0.2) is 53.1 Å². The molecule has 2 heterocycles. The first-order chi connectivity index (χ1) is 13.5. The van der Waals surface area contributed by atoms with Gasteiger partial charge in [-0.1, -0.05) is 53.2 Å². The van der Waals surface area contributed by atoms with Gasteiger partial charge in [0.05, 0.1) is 12.3 Å². The molecule has 1 fully saturated rings. The molecule has 2 aromatic carbocycles. The number of carbonyl (C=O) groups excluding carboxylic acids is 1. The Morgan fingerprint density at radius 1 is 1.18 bits per heavy atom. The highest BCUT2D eigenvalue weighted by molar-refractivity contribution is 6.31.